The molecule has 0 unspecified atom stereocenters. The number of nitrogens with one attached hydrogen (secondary N) is 2. The highest BCUT2D eigenvalue weighted by Gasteiger charge is 2.06. The van der Waals surface area contributed by atoms with Crippen molar-refractivity contribution < 1.29 is 9.59 Å². The molecule has 0 aliphatic heterocycles. The summed E-state index contributed by atoms with van der Waals surface area (Å²) in [7, 11) is 0. The first-order valence-electron chi connectivity index (χ1n) is 7.16. The summed E-state index contributed by atoms with van der Waals surface area (Å²) in [4.78, 5) is 23.5. The minimum atomic E-state index is -0.314. The summed E-state index contributed by atoms with van der Waals surface area (Å²) < 4.78 is 1.81. The summed E-state index contributed by atoms with van der Waals surface area (Å²) in [6.45, 7) is 0. The van der Waals surface area contributed by atoms with Gasteiger partial charge in [-0.05, 0) is 35.9 Å². The third kappa shape index (κ3) is 6.64. The van der Waals surface area contributed by atoms with Crippen molar-refractivity contribution >= 4 is 55.6 Å². The number of benzene rings is 2. The van der Waals surface area contributed by atoms with Gasteiger partial charge in [0.15, 0.2) is 0 Å². The summed E-state index contributed by atoms with van der Waals surface area (Å²) in [6.07, 6.45) is 1.70. The number of amides is 2. The fourth-order valence-electron chi connectivity index (χ4n) is 1.84. The molecule has 0 heterocycles. The lowest BCUT2D eigenvalue weighted by Gasteiger charge is -2.05. The van der Waals surface area contributed by atoms with Gasteiger partial charge in [0.25, 0.3) is 0 Å². The molecule has 0 saturated carbocycles. The normalized spacial score (nSPS) is 10.6. The van der Waals surface area contributed by atoms with Crippen LogP contribution >= 0.6 is 31.9 Å². The molecule has 0 aromatic heterocycles. The van der Waals surface area contributed by atoms with Gasteiger partial charge in [0.05, 0.1) is 6.21 Å². The molecular weight excluding hydrogens is 438 g/mol. The van der Waals surface area contributed by atoms with Crippen LogP contribution in [0, 0.1) is 0 Å². The number of carbonyl (C=O) groups excluding carboxylic acids is 2. The van der Waals surface area contributed by atoms with Gasteiger partial charge in [-0.1, -0.05) is 50.1 Å². The van der Waals surface area contributed by atoms with Gasteiger partial charge in [-0.15, -0.1) is 0 Å². The Labute approximate surface area is 156 Å². The Kier molecular flexibility index (Phi) is 7.14. The average molecular weight is 453 g/mol. The summed E-state index contributed by atoms with van der Waals surface area (Å²) in [5.41, 5.74) is 3.95. The second-order valence-electron chi connectivity index (χ2n) is 4.91. The summed E-state index contributed by atoms with van der Waals surface area (Å²) in [6, 6.07) is 14.8. The van der Waals surface area contributed by atoms with Crippen molar-refractivity contribution in [2.24, 2.45) is 5.10 Å². The lowest BCUT2D eigenvalue weighted by Crippen LogP contribution is -2.20. The molecule has 2 aromatic carbocycles. The number of carbonyl (C=O) groups is 2. The average Bonchev–Trinajstić information content (AvgIpc) is 2.53. The first-order valence-corrected chi connectivity index (χ1v) is 8.74. The Bertz CT molecular complexity index is 763. The highest BCUT2D eigenvalue weighted by molar-refractivity contribution is 9.10. The molecule has 2 N–H and O–H groups in total. The van der Waals surface area contributed by atoms with Crippen LogP contribution in [0.5, 0.6) is 0 Å². The van der Waals surface area contributed by atoms with Crippen LogP contribution in [-0.4, -0.2) is 18.0 Å². The Morgan fingerprint density at radius 2 is 1.62 bits per heavy atom. The van der Waals surface area contributed by atoms with E-state index in [1.54, 1.807) is 18.3 Å². The topological polar surface area (TPSA) is 70.6 Å². The molecule has 124 valence electrons. The van der Waals surface area contributed by atoms with E-state index >= 15 is 0 Å². The molecule has 0 radical (unpaired) electrons. The van der Waals surface area contributed by atoms with Gasteiger partial charge in [-0.3, -0.25) is 9.59 Å². The standard InChI is InChI=1S/C17H15Br2N3O2/c18-13-4-1-3-12(9-13)11-20-22-17(24)8-7-16(23)21-15-6-2-5-14(19)10-15/h1-6,9-11H,7-8H2,(H,21,23)(H,22,24)/b20-11-. The number of rotatable bonds is 6. The Balaban J connectivity index is 1.73. The fourth-order valence-corrected chi connectivity index (χ4v) is 2.65. The molecule has 0 fully saturated rings. The smallest absolute Gasteiger partial charge is 0.240 e. The van der Waals surface area contributed by atoms with Gasteiger partial charge in [-0.2, -0.15) is 5.10 Å². The number of nitrogens with zero attached hydrogens (tertiary/aromatic N) is 1. The molecule has 0 aliphatic carbocycles. The van der Waals surface area contributed by atoms with Gasteiger partial charge in [0.1, 0.15) is 0 Å². The van der Waals surface area contributed by atoms with Crippen molar-refractivity contribution in [2.75, 3.05) is 5.32 Å². The number of hydrogen-bond donors (Lipinski definition) is 2. The molecule has 5 nitrogen and oxygen atoms in total. The minimum absolute atomic E-state index is 0.0651. The first kappa shape index (κ1) is 18.4. The molecule has 2 amide bonds. The summed E-state index contributed by atoms with van der Waals surface area (Å²) in [5, 5.41) is 6.61. The van der Waals surface area contributed by atoms with E-state index in [-0.39, 0.29) is 24.7 Å². The van der Waals surface area contributed by atoms with Gasteiger partial charge in [0.2, 0.25) is 11.8 Å². The molecule has 0 aliphatic rings. The van der Waals surface area contributed by atoms with Crippen LogP contribution in [0.2, 0.25) is 0 Å². The molecule has 24 heavy (non-hydrogen) atoms. The molecule has 0 bridgehead atoms. The van der Waals surface area contributed by atoms with Crippen molar-refractivity contribution in [1.82, 2.24) is 5.43 Å². The van der Waals surface area contributed by atoms with Crippen LogP contribution in [0.25, 0.3) is 0 Å². The zero-order valence-electron chi connectivity index (χ0n) is 12.6. The van der Waals surface area contributed by atoms with E-state index in [2.05, 4.69) is 47.7 Å². The highest BCUT2D eigenvalue weighted by atomic mass is 79.9. The highest BCUT2D eigenvalue weighted by Crippen LogP contribution is 2.15. The number of hydrogen-bond acceptors (Lipinski definition) is 3. The predicted octanol–water partition coefficient (Wildman–Crippen LogP) is 4.08. The van der Waals surface area contributed by atoms with E-state index in [0.29, 0.717) is 5.69 Å². The van der Waals surface area contributed by atoms with Gasteiger partial charge in [-0.25, -0.2) is 5.43 Å². The maximum absolute atomic E-state index is 11.8. The van der Waals surface area contributed by atoms with Crippen LogP contribution in [0.3, 0.4) is 0 Å². The van der Waals surface area contributed by atoms with Crippen molar-refractivity contribution in [3.05, 3.63) is 63.0 Å². The van der Waals surface area contributed by atoms with Crippen LogP contribution in [0.1, 0.15) is 18.4 Å². The van der Waals surface area contributed by atoms with Crippen molar-refractivity contribution in [3.8, 4) is 0 Å². The predicted molar refractivity (Wildman–Crippen MR) is 102 cm³/mol. The second-order valence-corrected chi connectivity index (χ2v) is 6.74. The van der Waals surface area contributed by atoms with Crippen LogP contribution in [0.4, 0.5) is 5.69 Å². The number of hydrazone groups is 1. The Morgan fingerprint density at radius 1 is 0.958 bits per heavy atom. The van der Waals surface area contributed by atoms with Crippen molar-refractivity contribution in [2.45, 2.75) is 12.8 Å². The van der Waals surface area contributed by atoms with E-state index in [0.717, 1.165) is 14.5 Å². The molecule has 7 heteroatoms. The summed E-state index contributed by atoms with van der Waals surface area (Å²) >= 11 is 6.69. The minimum Gasteiger partial charge on any atom is -0.326 e. The maximum atomic E-state index is 11.8. The molecule has 2 rings (SSSR count). The number of halogens is 2. The van der Waals surface area contributed by atoms with E-state index in [9.17, 15) is 9.59 Å². The van der Waals surface area contributed by atoms with E-state index < -0.39 is 0 Å². The fraction of sp³-hybridized carbons (Fsp3) is 0.118. The zero-order chi connectivity index (χ0) is 17.4. The van der Waals surface area contributed by atoms with Crippen LogP contribution in [-0.2, 0) is 9.59 Å². The second kappa shape index (κ2) is 9.34. The van der Waals surface area contributed by atoms with Crippen molar-refractivity contribution in [1.29, 1.82) is 0 Å². The van der Waals surface area contributed by atoms with E-state index in [4.69, 9.17) is 0 Å². The SMILES string of the molecule is O=C(CCC(=O)Nc1cccc(Br)c1)N/N=C\c1cccc(Br)c1. The third-order valence-electron chi connectivity index (χ3n) is 2.94. The van der Waals surface area contributed by atoms with Crippen LogP contribution < -0.4 is 10.7 Å². The monoisotopic (exact) mass is 451 g/mol. The van der Waals surface area contributed by atoms with E-state index in [1.807, 2.05) is 36.4 Å². The lowest BCUT2D eigenvalue weighted by molar-refractivity contribution is -0.124. The van der Waals surface area contributed by atoms with Gasteiger partial charge in [0, 0.05) is 27.5 Å². The molecule has 2 aromatic rings. The van der Waals surface area contributed by atoms with Gasteiger partial charge >= 0.3 is 0 Å². The molecule has 0 spiro atoms. The molecular formula is C17H15Br2N3O2. The van der Waals surface area contributed by atoms with Crippen molar-refractivity contribution in [3.63, 3.8) is 0 Å². The zero-order valence-corrected chi connectivity index (χ0v) is 15.8. The third-order valence-corrected chi connectivity index (χ3v) is 3.93. The lowest BCUT2D eigenvalue weighted by atomic mass is 10.2. The van der Waals surface area contributed by atoms with E-state index in [1.165, 1.54) is 0 Å². The van der Waals surface area contributed by atoms with Gasteiger partial charge < -0.3 is 5.32 Å². The number of anilines is 1. The Hall–Kier alpha value is -1.99. The Morgan fingerprint density at radius 3 is 2.33 bits per heavy atom. The maximum Gasteiger partial charge on any atom is 0.240 e. The summed E-state index contributed by atoms with van der Waals surface area (Å²) in [5.74, 6) is -0.537. The quantitative estimate of drug-likeness (QED) is 0.512. The molecule has 0 atom stereocenters. The molecule has 0 saturated heterocycles. The van der Waals surface area contributed by atoms with Crippen LogP contribution in [0.15, 0.2) is 62.6 Å². The first-order chi connectivity index (χ1) is 11.5. The largest absolute Gasteiger partial charge is 0.326 e.